The van der Waals surface area contributed by atoms with Gasteiger partial charge in [0.2, 0.25) is 5.88 Å². The Bertz CT molecular complexity index is 1250. The van der Waals surface area contributed by atoms with E-state index in [4.69, 9.17) is 9.47 Å². The smallest absolute Gasteiger partial charge is 0.216 e. The van der Waals surface area contributed by atoms with Gasteiger partial charge in [0.25, 0.3) is 0 Å². The molecule has 0 aliphatic heterocycles. The highest BCUT2D eigenvalue weighted by atomic mass is 79.9. The van der Waals surface area contributed by atoms with Crippen molar-refractivity contribution in [2.24, 2.45) is 0 Å². The fraction of sp³-hybridized carbons (Fsp3) is 0.300. The molecule has 0 spiro atoms. The van der Waals surface area contributed by atoms with E-state index in [0.717, 1.165) is 45.1 Å². The van der Waals surface area contributed by atoms with Crippen molar-refractivity contribution in [3.05, 3.63) is 105 Å². The number of nitrogens with zero attached hydrogens (tertiary/aromatic N) is 1. The van der Waals surface area contributed by atoms with E-state index in [-0.39, 0.29) is 11.6 Å². The number of aryl methyl sites for hydroxylation is 3. The predicted octanol–water partition coefficient (Wildman–Crippen LogP) is 8.89. The number of hydrogen-bond acceptors (Lipinski definition) is 3. The van der Waals surface area contributed by atoms with Crippen molar-refractivity contribution in [2.75, 3.05) is 6.61 Å². The Balaban J connectivity index is 0.000000202. The van der Waals surface area contributed by atoms with Crippen LogP contribution in [0.1, 0.15) is 59.6 Å². The third-order valence-electron chi connectivity index (χ3n) is 6.01. The Morgan fingerprint density at radius 1 is 1.06 bits per heavy atom. The average Bonchev–Trinajstić information content (AvgIpc) is 3.35. The van der Waals surface area contributed by atoms with Crippen molar-refractivity contribution >= 4 is 27.3 Å². The highest BCUT2D eigenvalue weighted by molar-refractivity contribution is 9.10. The molecule has 1 aliphatic rings. The van der Waals surface area contributed by atoms with Gasteiger partial charge in [-0.15, -0.1) is 0 Å². The van der Waals surface area contributed by atoms with Crippen molar-refractivity contribution in [1.82, 2.24) is 4.98 Å². The summed E-state index contributed by atoms with van der Waals surface area (Å²) in [4.78, 5) is 4.23. The van der Waals surface area contributed by atoms with Crippen molar-refractivity contribution in [3.63, 3.8) is 0 Å². The lowest BCUT2D eigenvalue weighted by Crippen LogP contribution is -2.03. The Kier molecular flexibility index (Phi) is 9.82. The van der Waals surface area contributed by atoms with Crippen LogP contribution in [0.5, 0.6) is 5.88 Å². The van der Waals surface area contributed by atoms with E-state index >= 15 is 0 Å². The van der Waals surface area contributed by atoms with Gasteiger partial charge in [0, 0.05) is 16.2 Å². The number of aromatic nitrogens is 1. The number of rotatable bonds is 7. The lowest BCUT2D eigenvalue weighted by molar-refractivity contribution is 0.290. The maximum absolute atomic E-state index is 13.7. The molecule has 1 heterocycles. The fourth-order valence-electron chi connectivity index (χ4n) is 4.11. The second-order valence-corrected chi connectivity index (χ2v) is 9.67. The monoisotopic (exact) mass is 555 g/mol. The Labute approximate surface area is 221 Å². The third kappa shape index (κ3) is 7.26. The van der Waals surface area contributed by atoms with Crippen LogP contribution in [0.2, 0.25) is 0 Å². The number of benzene rings is 2. The van der Waals surface area contributed by atoms with Gasteiger partial charge in [-0.05, 0) is 121 Å². The van der Waals surface area contributed by atoms with Gasteiger partial charge in [0.15, 0.2) is 0 Å². The molecule has 190 valence electrons. The van der Waals surface area contributed by atoms with E-state index in [1.807, 2.05) is 45.9 Å². The first-order chi connectivity index (χ1) is 17.2. The minimum atomic E-state index is -0.272. The van der Waals surface area contributed by atoms with Gasteiger partial charge in [0.1, 0.15) is 24.0 Å². The molecule has 1 aliphatic carbocycles. The quantitative estimate of drug-likeness (QED) is 0.273. The maximum atomic E-state index is 13.7. The van der Waals surface area contributed by atoms with Gasteiger partial charge in [-0.2, -0.15) is 0 Å². The van der Waals surface area contributed by atoms with Gasteiger partial charge in [-0.3, -0.25) is 0 Å². The van der Waals surface area contributed by atoms with Crippen LogP contribution in [-0.2, 0) is 11.3 Å². The summed E-state index contributed by atoms with van der Waals surface area (Å²) in [5.74, 6) is 0.527. The van der Waals surface area contributed by atoms with Crippen molar-refractivity contribution in [1.29, 1.82) is 0 Å². The summed E-state index contributed by atoms with van der Waals surface area (Å²) < 4.78 is 38.8. The molecule has 0 atom stereocenters. The second-order valence-electron chi connectivity index (χ2n) is 8.75. The zero-order valence-electron chi connectivity index (χ0n) is 21.3. The normalized spacial score (nSPS) is 12.5. The molecule has 0 saturated carbocycles. The molecule has 0 fully saturated rings. The zero-order valence-corrected chi connectivity index (χ0v) is 22.8. The minimum absolute atomic E-state index is 0.211. The van der Waals surface area contributed by atoms with Crippen LogP contribution in [0.3, 0.4) is 0 Å². The average molecular weight is 556 g/mol. The molecule has 1 aromatic heterocycles. The van der Waals surface area contributed by atoms with E-state index in [1.165, 1.54) is 30.2 Å². The molecule has 3 aromatic rings. The molecule has 36 heavy (non-hydrogen) atoms. The summed E-state index contributed by atoms with van der Waals surface area (Å²) in [5.41, 5.74) is 6.62. The van der Waals surface area contributed by atoms with Crippen LogP contribution in [0.25, 0.3) is 11.3 Å². The summed E-state index contributed by atoms with van der Waals surface area (Å²) >= 11 is 3.36. The van der Waals surface area contributed by atoms with E-state index in [2.05, 4.69) is 33.6 Å². The Morgan fingerprint density at radius 3 is 2.39 bits per heavy atom. The summed E-state index contributed by atoms with van der Waals surface area (Å²) in [6.45, 7) is 12.2. The number of hydrogen-bond donors (Lipinski definition) is 0. The zero-order chi connectivity index (χ0) is 26.2. The number of ether oxygens (including phenoxy) is 2. The fourth-order valence-corrected chi connectivity index (χ4v) is 4.56. The molecule has 0 radical (unpaired) electrons. The minimum Gasteiger partial charge on any atom is -0.494 e. The third-order valence-corrected chi connectivity index (χ3v) is 6.44. The van der Waals surface area contributed by atoms with Crippen LogP contribution < -0.4 is 4.74 Å². The molecule has 0 saturated heterocycles. The topological polar surface area (TPSA) is 31.4 Å². The first-order valence-electron chi connectivity index (χ1n) is 12.0. The number of halogens is 3. The van der Waals surface area contributed by atoms with Gasteiger partial charge in [0.05, 0.1) is 12.2 Å². The Morgan fingerprint density at radius 2 is 1.78 bits per heavy atom. The van der Waals surface area contributed by atoms with Crippen LogP contribution in [0.15, 0.2) is 59.7 Å². The van der Waals surface area contributed by atoms with E-state index in [0.29, 0.717) is 30.4 Å². The first kappa shape index (κ1) is 27.6. The largest absolute Gasteiger partial charge is 0.494 e. The van der Waals surface area contributed by atoms with Gasteiger partial charge in [-0.25, -0.2) is 13.8 Å². The molecule has 3 nitrogen and oxygen atoms in total. The SMILES string of the molecule is C=C(OCC)c1cc(C2=CCCC2)ccc1F.Cc1cc(Br)cnc1OCc1c(C)cc(F)cc1C. The maximum Gasteiger partial charge on any atom is 0.216 e. The molecule has 6 heteroatoms. The summed E-state index contributed by atoms with van der Waals surface area (Å²) in [5, 5.41) is 0. The molecule has 4 rings (SSSR count). The highest BCUT2D eigenvalue weighted by Gasteiger charge is 2.12. The summed E-state index contributed by atoms with van der Waals surface area (Å²) in [6.07, 6.45) is 7.31. The lowest BCUT2D eigenvalue weighted by Gasteiger charge is -2.12. The van der Waals surface area contributed by atoms with Crippen LogP contribution >= 0.6 is 15.9 Å². The van der Waals surface area contributed by atoms with Gasteiger partial charge < -0.3 is 9.47 Å². The van der Waals surface area contributed by atoms with Gasteiger partial charge >= 0.3 is 0 Å². The van der Waals surface area contributed by atoms with E-state index in [1.54, 1.807) is 6.20 Å². The number of pyridine rings is 1. The summed E-state index contributed by atoms with van der Waals surface area (Å²) in [6, 6.07) is 10.2. The van der Waals surface area contributed by atoms with Gasteiger partial charge in [-0.1, -0.05) is 18.7 Å². The molecule has 0 amide bonds. The molecule has 0 bridgehead atoms. The molecular weight excluding hydrogens is 524 g/mol. The molecule has 0 unspecified atom stereocenters. The summed E-state index contributed by atoms with van der Waals surface area (Å²) in [7, 11) is 0. The van der Waals surface area contributed by atoms with Crippen LogP contribution in [-0.4, -0.2) is 11.6 Å². The number of allylic oxidation sites excluding steroid dienone is 2. The Hall–Kier alpha value is -2.99. The van der Waals surface area contributed by atoms with E-state index < -0.39 is 0 Å². The van der Waals surface area contributed by atoms with E-state index in [9.17, 15) is 8.78 Å². The van der Waals surface area contributed by atoms with Crippen molar-refractivity contribution in [3.8, 4) is 5.88 Å². The van der Waals surface area contributed by atoms with Crippen molar-refractivity contribution < 1.29 is 18.3 Å². The van der Waals surface area contributed by atoms with Crippen LogP contribution in [0.4, 0.5) is 8.78 Å². The first-order valence-corrected chi connectivity index (χ1v) is 12.8. The van der Waals surface area contributed by atoms with Crippen molar-refractivity contribution in [2.45, 2.75) is 53.6 Å². The molecule has 0 N–H and O–H groups in total. The predicted molar refractivity (Wildman–Crippen MR) is 146 cm³/mol. The second kappa shape index (κ2) is 12.8. The van der Waals surface area contributed by atoms with Crippen LogP contribution in [0, 0.1) is 32.4 Å². The molecule has 2 aromatic carbocycles. The molecular formula is C30H32BrF2NO2. The lowest BCUT2D eigenvalue weighted by atomic mass is 10.0. The highest BCUT2D eigenvalue weighted by Crippen LogP contribution is 2.30. The standard InChI is InChI=1S/C15H15BrFNO.C15H17FO/c1-9-5-13(17)6-10(2)14(9)8-19-15-11(3)4-12(16)7-18-15;1-3-17-11(2)14-10-13(8-9-15(14)16)12-6-4-5-7-12/h4-7H,8H2,1-3H3;6,8-10H,2-5,7H2,1H3.